The van der Waals surface area contributed by atoms with Crippen LogP contribution in [0.2, 0.25) is 0 Å². The molecule has 1 unspecified atom stereocenters. The first kappa shape index (κ1) is 25.4. The van der Waals surface area contributed by atoms with Crippen molar-refractivity contribution in [1.29, 1.82) is 0 Å². The summed E-state index contributed by atoms with van der Waals surface area (Å²) in [6.45, 7) is 6.13. The van der Waals surface area contributed by atoms with Crippen LogP contribution in [-0.2, 0) is 14.4 Å². The molecule has 9 nitrogen and oxygen atoms in total. The normalized spacial score (nSPS) is 18.5. The highest BCUT2D eigenvalue weighted by molar-refractivity contribution is 5.97. The van der Waals surface area contributed by atoms with Gasteiger partial charge in [0.1, 0.15) is 17.6 Å². The number of hydrogen-bond donors (Lipinski definition) is 2. The zero-order valence-electron chi connectivity index (χ0n) is 20.4. The molecule has 0 bridgehead atoms. The fourth-order valence-corrected chi connectivity index (χ4v) is 4.50. The number of anilines is 2. The highest BCUT2D eigenvalue weighted by Gasteiger charge is 2.35. The molecular formula is C26H32FN5O4. The Morgan fingerprint density at radius 1 is 1.03 bits per heavy atom. The van der Waals surface area contributed by atoms with Gasteiger partial charge in [-0.15, -0.1) is 0 Å². The fourth-order valence-electron chi connectivity index (χ4n) is 4.50. The van der Waals surface area contributed by atoms with Crippen LogP contribution in [0.15, 0.2) is 48.5 Å². The SMILES string of the molecule is CCOc1ccc(NC(=O)CC2C(=O)NCCN2C(=O)CN2CCN(c3ccc(F)cc3)CC2)cc1. The summed E-state index contributed by atoms with van der Waals surface area (Å²) < 4.78 is 18.6. The molecule has 3 amide bonds. The Kier molecular flexibility index (Phi) is 8.37. The molecule has 2 aliphatic heterocycles. The summed E-state index contributed by atoms with van der Waals surface area (Å²) in [5, 5.41) is 5.55. The molecule has 10 heteroatoms. The number of carbonyl (C=O) groups is 3. The highest BCUT2D eigenvalue weighted by Crippen LogP contribution is 2.19. The summed E-state index contributed by atoms with van der Waals surface area (Å²) in [6, 6.07) is 12.5. The van der Waals surface area contributed by atoms with Crippen LogP contribution in [0, 0.1) is 5.82 Å². The molecular weight excluding hydrogens is 465 g/mol. The van der Waals surface area contributed by atoms with Gasteiger partial charge in [-0.1, -0.05) is 0 Å². The molecule has 0 aliphatic carbocycles. The van der Waals surface area contributed by atoms with Gasteiger partial charge in [0.25, 0.3) is 0 Å². The lowest BCUT2D eigenvalue weighted by Gasteiger charge is -2.39. The predicted molar refractivity (Wildman–Crippen MR) is 134 cm³/mol. The average molecular weight is 498 g/mol. The van der Waals surface area contributed by atoms with Crippen molar-refractivity contribution in [1.82, 2.24) is 15.1 Å². The van der Waals surface area contributed by atoms with Crippen molar-refractivity contribution in [3.63, 3.8) is 0 Å². The van der Waals surface area contributed by atoms with E-state index in [9.17, 15) is 18.8 Å². The summed E-state index contributed by atoms with van der Waals surface area (Å²) in [7, 11) is 0. The van der Waals surface area contributed by atoms with Crippen molar-refractivity contribution < 1.29 is 23.5 Å². The van der Waals surface area contributed by atoms with E-state index in [0.717, 1.165) is 5.69 Å². The summed E-state index contributed by atoms with van der Waals surface area (Å²) in [5.41, 5.74) is 1.55. The van der Waals surface area contributed by atoms with E-state index in [2.05, 4.69) is 15.5 Å². The van der Waals surface area contributed by atoms with Crippen LogP contribution in [0.3, 0.4) is 0 Å². The third kappa shape index (κ3) is 6.51. The number of benzene rings is 2. The van der Waals surface area contributed by atoms with E-state index in [1.807, 2.05) is 11.8 Å². The summed E-state index contributed by atoms with van der Waals surface area (Å²) >= 11 is 0. The van der Waals surface area contributed by atoms with Gasteiger partial charge in [0.15, 0.2) is 0 Å². The molecule has 2 saturated heterocycles. The van der Waals surface area contributed by atoms with E-state index in [-0.39, 0.29) is 36.5 Å². The molecule has 2 fully saturated rings. The lowest BCUT2D eigenvalue weighted by Crippen LogP contribution is -2.60. The van der Waals surface area contributed by atoms with Crippen molar-refractivity contribution in [3.05, 3.63) is 54.3 Å². The van der Waals surface area contributed by atoms with Gasteiger partial charge in [0, 0.05) is 50.6 Å². The van der Waals surface area contributed by atoms with E-state index in [0.29, 0.717) is 57.3 Å². The number of nitrogens with one attached hydrogen (secondary N) is 2. The Balaban J connectivity index is 1.30. The van der Waals surface area contributed by atoms with Gasteiger partial charge in [-0.05, 0) is 55.5 Å². The molecule has 4 rings (SSSR count). The first-order valence-electron chi connectivity index (χ1n) is 12.3. The lowest BCUT2D eigenvalue weighted by molar-refractivity contribution is -0.145. The van der Waals surface area contributed by atoms with Gasteiger partial charge in [-0.3, -0.25) is 19.3 Å². The predicted octanol–water partition coefficient (Wildman–Crippen LogP) is 1.70. The van der Waals surface area contributed by atoms with Gasteiger partial charge >= 0.3 is 0 Å². The molecule has 36 heavy (non-hydrogen) atoms. The number of ether oxygens (including phenoxy) is 1. The zero-order chi connectivity index (χ0) is 25.5. The third-order valence-electron chi connectivity index (χ3n) is 6.40. The number of amides is 3. The number of halogens is 1. The number of hydrogen-bond acceptors (Lipinski definition) is 6. The van der Waals surface area contributed by atoms with Crippen molar-refractivity contribution in [3.8, 4) is 5.75 Å². The largest absolute Gasteiger partial charge is 0.494 e. The van der Waals surface area contributed by atoms with Crippen LogP contribution in [0.25, 0.3) is 0 Å². The van der Waals surface area contributed by atoms with Crippen molar-refractivity contribution in [2.45, 2.75) is 19.4 Å². The van der Waals surface area contributed by atoms with E-state index >= 15 is 0 Å². The van der Waals surface area contributed by atoms with Gasteiger partial charge in [0.05, 0.1) is 19.6 Å². The highest BCUT2D eigenvalue weighted by atomic mass is 19.1. The van der Waals surface area contributed by atoms with Crippen LogP contribution in [0.1, 0.15) is 13.3 Å². The van der Waals surface area contributed by atoms with Gasteiger partial charge in [0.2, 0.25) is 17.7 Å². The Morgan fingerprint density at radius 2 is 1.72 bits per heavy atom. The van der Waals surface area contributed by atoms with E-state index in [1.165, 1.54) is 17.0 Å². The first-order valence-corrected chi connectivity index (χ1v) is 12.3. The number of carbonyl (C=O) groups excluding carboxylic acids is 3. The van der Waals surface area contributed by atoms with Crippen LogP contribution in [0.5, 0.6) is 5.75 Å². The Morgan fingerprint density at radius 3 is 2.39 bits per heavy atom. The van der Waals surface area contributed by atoms with Crippen LogP contribution >= 0.6 is 0 Å². The molecule has 0 spiro atoms. The van der Waals surface area contributed by atoms with Crippen molar-refractivity contribution >= 4 is 29.1 Å². The summed E-state index contributed by atoms with van der Waals surface area (Å²) in [5.74, 6) is -0.392. The molecule has 1 atom stereocenters. The van der Waals surface area contributed by atoms with Crippen LogP contribution < -0.4 is 20.3 Å². The quantitative estimate of drug-likeness (QED) is 0.577. The number of piperazine rings is 2. The maximum Gasteiger partial charge on any atom is 0.243 e. The minimum atomic E-state index is -0.852. The Labute approximate surface area is 210 Å². The van der Waals surface area contributed by atoms with Crippen molar-refractivity contribution in [2.24, 2.45) is 0 Å². The fraction of sp³-hybridized carbons (Fsp3) is 0.423. The molecule has 2 aromatic carbocycles. The second-order valence-corrected chi connectivity index (χ2v) is 8.84. The average Bonchev–Trinajstić information content (AvgIpc) is 2.87. The van der Waals surface area contributed by atoms with Crippen molar-refractivity contribution in [2.75, 3.05) is 62.6 Å². The number of nitrogens with zero attached hydrogens (tertiary/aromatic N) is 3. The maximum atomic E-state index is 13.2. The van der Waals surface area contributed by atoms with E-state index in [1.54, 1.807) is 36.4 Å². The molecule has 2 N–H and O–H groups in total. The molecule has 192 valence electrons. The van der Waals surface area contributed by atoms with Crippen LogP contribution in [0.4, 0.5) is 15.8 Å². The van der Waals surface area contributed by atoms with Gasteiger partial charge in [-0.2, -0.15) is 0 Å². The summed E-state index contributed by atoms with van der Waals surface area (Å²) in [6.07, 6.45) is -0.122. The molecule has 0 saturated carbocycles. The molecule has 0 aromatic heterocycles. The molecule has 0 radical (unpaired) electrons. The topological polar surface area (TPSA) is 94.2 Å². The zero-order valence-corrected chi connectivity index (χ0v) is 20.4. The van der Waals surface area contributed by atoms with Gasteiger partial charge < -0.3 is 25.2 Å². The maximum absolute atomic E-state index is 13.2. The van der Waals surface area contributed by atoms with E-state index < -0.39 is 6.04 Å². The molecule has 2 aromatic rings. The smallest absolute Gasteiger partial charge is 0.243 e. The minimum absolute atomic E-state index is 0.122. The lowest BCUT2D eigenvalue weighted by atomic mass is 10.1. The monoisotopic (exact) mass is 497 g/mol. The third-order valence-corrected chi connectivity index (χ3v) is 6.40. The van der Waals surface area contributed by atoms with Crippen LogP contribution in [-0.4, -0.2) is 86.0 Å². The Bertz CT molecular complexity index is 1060. The van der Waals surface area contributed by atoms with Gasteiger partial charge in [-0.25, -0.2) is 4.39 Å². The Hall–Kier alpha value is -3.66. The minimum Gasteiger partial charge on any atom is -0.494 e. The molecule has 2 heterocycles. The second kappa shape index (κ2) is 11.9. The van der Waals surface area contributed by atoms with E-state index in [4.69, 9.17) is 4.74 Å². The number of rotatable bonds is 8. The summed E-state index contributed by atoms with van der Waals surface area (Å²) in [4.78, 5) is 44.1. The second-order valence-electron chi connectivity index (χ2n) is 8.84. The standard InChI is InChI=1S/C26H32FN5O4/c1-2-36-22-9-5-20(6-10-22)29-24(33)17-23-26(35)28-11-12-32(23)25(34)18-30-13-15-31(16-14-30)21-7-3-19(27)4-8-21/h3-10,23H,2,11-18H2,1H3,(H,28,35)(H,29,33). The first-order chi connectivity index (χ1) is 17.4. The molecule has 2 aliphatic rings.